The van der Waals surface area contributed by atoms with E-state index >= 15 is 0 Å². The standard InChI is InChI=1S/C20H38O5/c1-2-3-4-5-6-7-8-9-10-11-12-13-14-24-18(15-21)20-19(23)17(22)16-25-20/h11-12,17-23H,2-10,13-16H2,1H3/b12-11+/t17-,18+,19-,20-/m0/s1. The van der Waals surface area contributed by atoms with Crippen LogP contribution in [0.1, 0.15) is 71.1 Å². The van der Waals surface area contributed by atoms with Gasteiger partial charge >= 0.3 is 0 Å². The molecule has 0 bridgehead atoms. The number of aliphatic hydroxyl groups excluding tert-OH is 3. The molecular weight excluding hydrogens is 320 g/mol. The van der Waals surface area contributed by atoms with E-state index in [-0.39, 0.29) is 13.2 Å². The van der Waals surface area contributed by atoms with Gasteiger partial charge in [0.05, 0.1) is 19.8 Å². The van der Waals surface area contributed by atoms with Gasteiger partial charge in [-0.1, -0.05) is 64.0 Å². The van der Waals surface area contributed by atoms with Crippen LogP contribution in [0.25, 0.3) is 0 Å². The fourth-order valence-electron chi connectivity index (χ4n) is 3.12. The van der Waals surface area contributed by atoms with Crippen LogP contribution in [0.3, 0.4) is 0 Å². The Morgan fingerprint density at radius 1 is 1.00 bits per heavy atom. The molecule has 1 fully saturated rings. The predicted molar refractivity (Wildman–Crippen MR) is 99.6 cm³/mol. The second-order valence-corrected chi connectivity index (χ2v) is 6.97. The van der Waals surface area contributed by atoms with Gasteiger partial charge in [0.25, 0.3) is 0 Å². The molecule has 0 aliphatic carbocycles. The van der Waals surface area contributed by atoms with E-state index in [2.05, 4.69) is 19.1 Å². The molecule has 0 amide bonds. The molecule has 0 spiro atoms. The normalized spacial score (nSPS) is 25.0. The SMILES string of the molecule is CCCCCCCCCC/C=C/CCO[C@H](CO)[C@@H]1OC[C@H](O)[C@@H]1O. The lowest BCUT2D eigenvalue weighted by Crippen LogP contribution is -2.42. The molecule has 1 aliphatic rings. The third-order valence-electron chi connectivity index (χ3n) is 4.74. The molecule has 0 saturated carbocycles. The molecule has 0 aromatic heterocycles. The van der Waals surface area contributed by atoms with Crippen molar-refractivity contribution < 1.29 is 24.8 Å². The number of hydrogen-bond donors (Lipinski definition) is 3. The van der Waals surface area contributed by atoms with Crippen LogP contribution in [0.5, 0.6) is 0 Å². The Kier molecular flexibility index (Phi) is 13.3. The molecule has 1 aliphatic heterocycles. The van der Waals surface area contributed by atoms with Gasteiger partial charge in [0.15, 0.2) is 0 Å². The highest BCUT2D eigenvalue weighted by Crippen LogP contribution is 2.19. The topological polar surface area (TPSA) is 79.2 Å². The van der Waals surface area contributed by atoms with Crippen LogP contribution >= 0.6 is 0 Å². The Morgan fingerprint density at radius 2 is 1.64 bits per heavy atom. The molecule has 1 rings (SSSR count). The average Bonchev–Trinajstić information content (AvgIpc) is 2.95. The van der Waals surface area contributed by atoms with Crippen molar-refractivity contribution in [3.8, 4) is 0 Å². The van der Waals surface area contributed by atoms with Crippen molar-refractivity contribution in [3.05, 3.63) is 12.2 Å². The zero-order valence-electron chi connectivity index (χ0n) is 15.8. The number of ether oxygens (including phenoxy) is 2. The van der Waals surface area contributed by atoms with E-state index in [1.165, 1.54) is 51.4 Å². The molecule has 3 N–H and O–H groups in total. The second kappa shape index (κ2) is 14.7. The van der Waals surface area contributed by atoms with Gasteiger partial charge in [-0.25, -0.2) is 0 Å². The van der Waals surface area contributed by atoms with Gasteiger partial charge < -0.3 is 24.8 Å². The van der Waals surface area contributed by atoms with Crippen LogP contribution in [-0.4, -0.2) is 59.6 Å². The lowest BCUT2D eigenvalue weighted by Gasteiger charge is -2.24. The third kappa shape index (κ3) is 9.71. The molecule has 0 radical (unpaired) electrons. The molecular formula is C20H38O5. The molecule has 5 heteroatoms. The zero-order valence-corrected chi connectivity index (χ0v) is 15.8. The average molecular weight is 359 g/mol. The van der Waals surface area contributed by atoms with E-state index < -0.39 is 24.4 Å². The maximum atomic E-state index is 9.78. The van der Waals surface area contributed by atoms with E-state index in [4.69, 9.17) is 9.47 Å². The van der Waals surface area contributed by atoms with E-state index in [9.17, 15) is 15.3 Å². The van der Waals surface area contributed by atoms with Crippen LogP contribution in [0.15, 0.2) is 12.2 Å². The Balaban J connectivity index is 1.97. The summed E-state index contributed by atoms with van der Waals surface area (Å²) in [5, 5.41) is 28.6. The molecule has 0 aromatic carbocycles. The van der Waals surface area contributed by atoms with Crippen LogP contribution in [0.4, 0.5) is 0 Å². The van der Waals surface area contributed by atoms with Crippen molar-refractivity contribution in [3.63, 3.8) is 0 Å². The summed E-state index contributed by atoms with van der Waals surface area (Å²) >= 11 is 0. The van der Waals surface area contributed by atoms with Crippen molar-refractivity contribution in [2.45, 2.75) is 95.5 Å². The lowest BCUT2D eigenvalue weighted by atomic mass is 10.1. The van der Waals surface area contributed by atoms with Gasteiger partial charge in [-0.15, -0.1) is 0 Å². The van der Waals surface area contributed by atoms with Gasteiger partial charge in [-0.3, -0.25) is 0 Å². The summed E-state index contributed by atoms with van der Waals surface area (Å²) in [7, 11) is 0. The minimum atomic E-state index is -0.991. The van der Waals surface area contributed by atoms with Gasteiger partial charge in [0.2, 0.25) is 0 Å². The maximum absolute atomic E-state index is 9.78. The fraction of sp³-hybridized carbons (Fsp3) is 0.900. The number of aliphatic hydroxyl groups is 3. The Hall–Kier alpha value is -0.460. The Labute approximate surface area is 153 Å². The largest absolute Gasteiger partial charge is 0.394 e. The number of hydrogen-bond acceptors (Lipinski definition) is 5. The summed E-state index contributed by atoms with van der Waals surface area (Å²) in [5.41, 5.74) is 0. The summed E-state index contributed by atoms with van der Waals surface area (Å²) in [6.07, 6.45) is 13.7. The first-order valence-electron chi connectivity index (χ1n) is 10.1. The molecule has 1 saturated heterocycles. The van der Waals surface area contributed by atoms with E-state index in [0.29, 0.717) is 6.61 Å². The predicted octanol–water partition coefficient (Wildman–Crippen LogP) is 2.96. The van der Waals surface area contributed by atoms with Gasteiger partial charge in [0.1, 0.15) is 24.4 Å². The van der Waals surface area contributed by atoms with Gasteiger partial charge in [-0.2, -0.15) is 0 Å². The van der Waals surface area contributed by atoms with Crippen molar-refractivity contribution in [1.82, 2.24) is 0 Å². The summed E-state index contributed by atoms with van der Waals surface area (Å²) in [6.45, 7) is 2.58. The summed E-state index contributed by atoms with van der Waals surface area (Å²) in [4.78, 5) is 0. The highest BCUT2D eigenvalue weighted by molar-refractivity contribution is 4.89. The molecule has 0 aromatic rings. The van der Waals surface area contributed by atoms with Crippen molar-refractivity contribution in [2.24, 2.45) is 0 Å². The summed E-state index contributed by atoms with van der Waals surface area (Å²) < 4.78 is 10.9. The fourth-order valence-corrected chi connectivity index (χ4v) is 3.12. The second-order valence-electron chi connectivity index (χ2n) is 6.97. The van der Waals surface area contributed by atoms with E-state index in [0.717, 1.165) is 12.8 Å². The number of unbranched alkanes of at least 4 members (excludes halogenated alkanes) is 8. The molecule has 5 nitrogen and oxygen atoms in total. The minimum Gasteiger partial charge on any atom is -0.394 e. The van der Waals surface area contributed by atoms with Gasteiger partial charge in [-0.05, 0) is 19.3 Å². The molecule has 4 atom stereocenters. The number of allylic oxidation sites excluding steroid dienone is 1. The smallest absolute Gasteiger partial charge is 0.114 e. The lowest BCUT2D eigenvalue weighted by molar-refractivity contribution is -0.0996. The highest BCUT2D eigenvalue weighted by Gasteiger charge is 2.40. The minimum absolute atomic E-state index is 0.0875. The van der Waals surface area contributed by atoms with Crippen LogP contribution < -0.4 is 0 Å². The van der Waals surface area contributed by atoms with Crippen molar-refractivity contribution in [2.75, 3.05) is 19.8 Å². The van der Waals surface area contributed by atoms with Crippen LogP contribution in [0.2, 0.25) is 0 Å². The monoisotopic (exact) mass is 358 g/mol. The maximum Gasteiger partial charge on any atom is 0.114 e. The zero-order chi connectivity index (χ0) is 18.3. The van der Waals surface area contributed by atoms with Crippen molar-refractivity contribution >= 4 is 0 Å². The third-order valence-corrected chi connectivity index (χ3v) is 4.74. The van der Waals surface area contributed by atoms with Crippen molar-refractivity contribution in [1.29, 1.82) is 0 Å². The molecule has 148 valence electrons. The Morgan fingerprint density at radius 3 is 2.24 bits per heavy atom. The summed E-state index contributed by atoms with van der Waals surface area (Å²) in [6, 6.07) is 0. The first-order valence-corrected chi connectivity index (χ1v) is 10.1. The molecule has 1 heterocycles. The van der Waals surface area contributed by atoms with Crippen LogP contribution in [-0.2, 0) is 9.47 Å². The molecule has 25 heavy (non-hydrogen) atoms. The summed E-state index contributed by atoms with van der Waals surface area (Å²) in [5.74, 6) is 0. The highest BCUT2D eigenvalue weighted by atomic mass is 16.6. The Bertz CT molecular complexity index is 334. The molecule has 0 unspecified atom stereocenters. The first-order chi connectivity index (χ1) is 12.2. The van der Waals surface area contributed by atoms with E-state index in [1.54, 1.807) is 0 Å². The quantitative estimate of drug-likeness (QED) is 0.310. The first kappa shape index (κ1) is 22.6. The van der Waals surface area contributed by atoms with Gasteiger partial charge in [0, 0.05) is 0 Å². The van der Waals surface area contributed by atoms with E-state index in [1.807, 2.05) is 0 Å². The van der Waals surface area contributed by atoms with Crippen LogP contribution in [0, 0.1) is 0 Å². The number of rotatable bonds is 15.